The maximum atomic E-state index is 13.2. The number of nitrogens with one attached hydrogen (secondary N) is 1. The van der Waals surface area contributed by atoms with E-state index in [1.165, 1.54) is 4.80 Å². The van der Waals surface area contributed by atoms with Gasteiger partial charge in [-0.3, -0.25) is 5.32 Å². The van der Waals surface area contributed by atoms with E-state index >= 15 is 0 Å². The number of aliphatic carboxylic acids is 1. The van der Waals surface area contributed by atoms with Gasteiger partial charge >= 0.3 is 0 Å². The van der Waals surface area contributed by atoms with E-state index in [1.54, 1.807) is 0 Å². The lowest BCUT2D eigenvalue weighted by atomic mass is 9.80. The molecule has 0 aliphatic carbocycles. The predicted octanol–water partition coefficient (Wildman–Crippen LogP) is 3.35. The molecule has 3 aromatic rings. The Balaban J connectivity index is 1.87. The number of phenols is 1. The Morgan fingerprint density at radius 1 is 1.16 bits per heavy atom. The quantitative estimate of drug-likeness (QED) is 0.457. The molecule has 1 unspecified atom stereocenters. The van der Waals surface area contributed by atoms with Crippen LogP contribution in [-0.2, 0) is 23.1 Å². The lowest BCUT2D eigenvalue weighted by Crippen LogP contribution is -2.68. The van der Waals surface area contributed by atoms with E-state index in [-0.39, 0.29) is 30.2 Å². The number of piperazine rings is 1. The fourth-order valence-corrected chi connectivity index (χ4v) is 5.88. The van der Waals surface area contributed by atoms with E-state index in [0.717, 1.165) is 15.9 Å². The standard InChI is InChI=1S/C29H39N5O4/c1-27(2,3)20-16-18(12-15-24(35)36)19(13-14-23-29(6,7)32-28(4,5)17-33(23)38)25(26(20)37)34-30-21-10-8-9-11-22(21)31-34/h8-11,16,23,32H,12-15,17H2,1-7H3,(H-,35,36,37). The monoisotopic (exact) mass is 521 g/mol. The van der Waals surface area contributed by atoms with Gasteiger partial charge in [-0.05, 0) is 75.6 Å². The molecule has 0 bridgehead atoms. The second kappa shape index (κ2) is 9.76. The zero-order valence-corrected chi connectivity index (χ0v) is 23.5. The highest BCUT2D eigenvalue weighted by molar-refractivity contribution is 5.74. The smallest absolute Gasteiger partial charge is 0.219 e. The van der Waals surface area contributed by atoms with Crippen molar-refractivity contribution in [1.82, 2.24) is 20.3 Å². The van der Waals surface area contributed by atoms with Gasteiger partial charge in [-0.25, -0.2) is 0 Å². The molecule has 1 fully saturated rings. The third-order valence-corrected chi connectivity index (χ3v) is 7.42. The normalized spacial score (nSPS) is 19.1. The van der Waals surface area contributed by atoms with Crippen LogP contribution < -0.4 is 10.4 Å². The van der Waals surface area contributed by atoms with Crippen molar-refractivity contribution in [3.63, 3.8) is 0 Å². The summed E-state index contributed by atoms with van der Waals surface area (Å²) in [6.45, 7) is 14.4. The van der Waals surface area contributed by atoms with Crippen molar-refractivity contribution in [1.29, 1.82) is 0 Å². The summed E-state index contributed by atoms with van der Waals surface area (Å²) in [5.41, 5.74) is 2.80. The molecular formula is C29H39N5O4. The SMILES string of the molecule is CC1(C)C[N+](=O)C(CCc2c(CCC(=O)[O-])cc(C(C)(C)C)c(O)c2-n2nc3ccccc3n2)C(C)(C)N1. The number of carboxylic acid groups (broad SMARTS) is 1. The summed E-state index contributed by atoms with van der Waals surface area (Å²) < 4.78 is 1.15. The Bertz CT molecular complexity index is 1350. The summed E-state index contributed by atoms with van der Waals surface area (Å²) in [5.74, 6) is -1.08. The lowest BCUT2D eigenvalue weighted by molar-refractivity contribution is -0.616. The van der Waals surface area contributed by atoms with Crippen LogP contribution in [-0.4, -0.2) is 54.5 Å². The molecule has 1 aliphatic heterocycles. The van der Waals surface area contributed by atoms with Crippen molar-refractivity contribution in [2.75, 3.05) is 6.54 Å². The maximum Gasteiger partial charge on any atom is 0.219 e. The van der Waals surface area contributed by atoms with Crippen LogP contribution in [0.4, 0.5) is 0 Å². The number of rotatable bonds is 7. The minimum absolute atomic E-state index is 0.0612. The number of hydrogen-bond donors (Lipinski definition) is 2. The van der Waals surface area contributed by atoms with Gasteiger partial charge in [-0.2, -0.15) is 0 Å². The molecule has 1 atom stereocenters. The van der Waals surface area contributed by atoms with Gasteiger partial charge in [0.05, 0.1) is 11.1 Å². The third kappa shape index (κ3) is 5.57. The Hall–Kier alpha value is -3.33. The summed E-state index contributed by atoms with van der Waals surface area (Å²) >= 11 is 0. The van der Waals surface area contributed by atoms with Crippen molar-refractivity contribution >= 4 is 17.0 Å². The molecule has 204 valence electrons. The number of carbonyl (C=O) groups is 1. The summed E-state index contributed by atoms with van der Waals surface area (Å²) in [7, 11) is 0. The van der Waals surface area contributed by atoms with Gasteiger partial charge in [-0.15, -0.1) is 15.0 Å². The number of carboxylic acids is 1. The molecule has 2 heterocycles. The molecule has 1 saturated heterocycles. The van der Waals surface area contributed by atoms with Crippen LogP contribution in [0.15, 0.2) is 30.3 Å². The zero-order valence-electron chi connectivity index (χ0n) is 23.5. The number of phenolic OH excluding ortho intramolecular Hbond substituents is 1. The highest BCUT2D eigenvalue weighted by Crippen LogP contribution is 2.40. The average Bonchev–Trinajstić information content (AvgIpc) is 3.19. The van der Waals surface area contributed by atoms with E-state index in [2.05, 4.69) is 15.5 Å². The van der Waals surface area contributed by atoms with Gasteiger partial charge in [0.2, 0.25) is 12.6 Å². The van der Waals surface area contributed by atoms with E-state index < -0.39 is 16.9 Å². The van der Waals surface area contributed by atoms with E-state index in [0.29, 0.717) is 41.7 Å². The first-order valence-electron chi connectivity index (χ1n) is 13.2. The van der Waals surface area contributed by atoms with Crippen molar-refractivity contribution in [3.8, 4) is 11.4 Å². The van der Waals surface area contributed by atoms with Gasteiger partial charge in [0, 0.05) is 27.6 Å². The number of aromatic hydroxyl groups is 1. The van der Waals surface area contributed by atoms with Crippen LogP contribution in [0.3, 0.4) is 0 Å². The fraction of sp³-hybridized carbons (Fsp3) is 0.552. The number of aryl methyl sites for hydroxylation is 1. The van der Waals surface area contributed by atoms with Crippen LogP contribution in [0.25, 0.3) is 16.7 Å². The van der Waals surface area contributed by atoms with Gasteiger partial charge in [0.15, 0.2) is 0 Å². The first kappa shape index (κ1) is 27.7. The molecule has 1 aromatic heterocycles. The van der Waals surface area contributed by atoms with E-state index in [9.17, 15) is 19.9 Å². The molecule has 2 N–H and O–H groups in total. The predicted molar refractivity (Wildman–Crippen MR) is 144 cm³/mol. The molecule has 38 heavy (non-hydrogen) atoms. The molecule has 4 rings (SSSR count). The Kier molecular flexibility index (Phi) is 7.12. The van der Waals surface area contributed by atoms with Crippen molar-refractivity contribution in [3.05, 3.63) is 51.9 Å². The van der Waals surface area contributed by atoms with Crippen LogP contribution in [0.1, 0.15) is 78.0 Å². The Morgan fingerprint density at radius 2 is 1.76 bits per heavy atom. The van der Waals surface area contributed by atoms with E-state index in [1.807, 2.05) is 78.8 Å². The van der Waals surface area contributed by atoms with Crippen molar-refractivity contribution < 1.29 is 19.8 Å². The van der Waals surface area contributed by atoms with Gasteiger partial charge < -0.3 is 15.0 Å². The minimum atomic E-state index is -1.14. The van der Waals surface area contributed by atoms with Gasteiger partial charge in [0.25, 0.3) is 0 Å². The van der Waals surface area contributed by atoms with Gasteiger partial charge in [-0.1, -0.05) is 39.0 Å². The zero-order chi connectivity index (χ0) is 28.0. The van der Waals surface area contributed by atoms with Crippen molar-refractivity contribution in [2.24, 2.45) is 0 Å². The lowest BCUT2D eigenvalue weighted by Gasteiger charge is -2.41. The topological polar surface area (TPSA) is 123 Å². The molecule has 0 amide bonds. The summed E-state index contributed by atoms with van der Waals surface area (Å²) in [4.78, 5) is 26.1. The molecule has 9 heteroatoms. The summed E-state index contributed by atoms with van der Waals surface area (Å²) in [6, 6.07) is 9.03. The molecule has 2 aromatic carbocycles. The summed E-state index contributed by atoms with van der Waals surface area (Å²) in [5, 5.41) is 36.0. The number of hydrogen-bond acceptors (Lipinski definition) is 7. The average molecular weight is 522 g/mol. The number of nitroso groups, excluding NO2 is 1. The first-order chi connectivity index (χ1) is 17.6. The van der Waals surface area contributed by atoms with Gasteiger partial charge in [0.1, 0.15) is 22.5 Å². The van der Waals surface area contributed by atoms with Crippen LogP contribution in [0, 0.1) is 4.91 Å². The molecule has 9 nitrogen and oxygen atoms in total. The molecule has 1 aliphatic rings. The largest absolute Gasteiger partial charge is 0.550 e. The molecular weight excluding hydrogens is 482 g/mol. The van der Waals surface area contributed by atoms with Crippen LogP contribution in [0.5, 0.6) is 5.75 Å². The third-order valence-electron chi connectivity index (χ3n) is 7.42. The molecule has 0 radical (unpaired) electrons. The number of fused-ring (bicyclic) bond motifs is 1. The van der Waals surface area contributed by atoms with E-state index in [4.69, 9.17) is 0 Å². The fourth-order valence-electron chi connectivity index (χ4n) is 5.88. The number of carbonyl (C=O) groups excluding carboxylic acids is 1. The first-order valence-corrected chi connectivity index (χ1v) is 13.2. The summed E-state index contributed by atoms with van der Waals surface area (Å²) in [6.07, 6.45) is 1.01. The maximum absolute atomic E-state index is 13.2. The van der Waals surface area contributed by atoms with Crippen LogP contribution in [0.2, 0.25) is 0 Å². The number of nitrogens with zero attached hydrogens (tertiary/aromatic N) is 4. The number of aromatic nitrogens is 3. The second-order valence-electron chi connectivity index (χ2n) is 12.7. The Labute approximate surface area is 223 Å². The Morgan fingerprint density at radius 3 is 2.29 bits per heavy atom. The molecule has 0 saturated carbocycles. The molecule has 0 spiro atoms. The van der Waals surface area contributed by atoms with Crippen molar-refractivity contribution in [2.45, 2.75) is 96.7 Å². The highest BCUT2D eigenvalue weighted by Gasteiger charge is 2.50. The highest BCUT2D eigenvalue weighted by atomic mass is 16.4. The number of benzene rings is 2. The minimum Gasteiger partial charge on any atom is -0.550 e. The van der Waals surface area contributed by atoms with Crippen LogP contribution >= 0.6 is 0 Å². The second-order valence-corrected chi connectivity index (χ2v) is 12.7.